The zero-order valence-corrected chi connectivity index (χ0v) is 10.0. The minimum atomic E-state index is 0.236. The highest BCUT2D eigenvalue weighted by molar-refractivity contribution is 5.12. The van der Waals surface area contributed by atoms with Crippen LogP contribution in [0.1, 0.15) is 20.8 Å². The molecule has 3 heteroatoms. The maximum absolute atomic E-state index is 9.03. The Labute approximate surface area is 87.2 Å². The summed E-state index contributed by atoms with van der Waals surface area (Å²) in [5, 5.41) is 11.2. The summed E-state index contributed by atoms with van der Waals surface area (Å²) in [6, 6.07) is 0. The molecule has 14 heavy (non-hydrogen) atoms. The number of hydrogen-bond acceptors (Lipinski definition) is 2. The summed E-state index contributed by atoms with van der Waals surface area (Å²) in [5.74, 6) is 0. The van der Waals surface area contributed by atoms with E-state index in [0.29, 0.717) is 0 Å². The van der Waals surface area contributed by atoms with Gasteiger partial charge in [0, 0.05) is 5.57 Å². The Bertz CT molecular complexity index is 242. The summed E-state index contributed by atoms with van der Waals surface area (Å²) in [7, 11) is 4.24. The lowest BCUT2D eigenvalue weighted by molar-refractivity contribution is -0.999. The molecule has 3 nitrogen and oxygen atoms in total. The number of hydrogen-bond donors (Lipinski definition) is 1. The smallest absolute Gasteiger partial charge is 0.125 e. The summed E-state index contributed by atoms with van der Waals surface area (Å²) in [5.41, 5.74) is 1.69. The van der Waals surface area contributed by atoms with Gasteiger partial charge in [0.1, 0.15) is 13.1 Å². The average molecular weight is 199 g/mol. The Morgan fingerprint density at radius 1 is 1.50 bits per heavy atom. The van der Waals surface area contributed by atoms with E-state index in [9.17, 15) is 0 Å². The summed E-state index contributed by atoms with van der Waals surface area (Å²) < 4.78 is 0.795. The molecule has 0 radical (unpaired) electrons. The third-order valence-electron chi connectivity index (χ3n) is 3.16. The van der Waals surface area contributed by atoms with Crippen molar-refractivity contribution in [2.75, 3.05) is 33.8 Å². The third kappa shape index (κ3) is 2.10. The van der Waals surface area contributed by atoms with E-state index in [1.54, 1.807) is 0 Å². The topological polar surface area (TPSA) is 23.5 Å². The van der Waals surface area contributed by atoms with Gasteiger partial charge in [-0.15, -0.1) is 0 Å². The Kier molecular flexibility index (Phi) is 2.93. The van der Waals surface area contributed by atoms with Gasteiger partial charge in [-0.2, -0.15) is 0 Å². The second-order valence-corrected chi connectivity index (χ2v) is 5.42. The molecule has 0 spiro atoms. The van der Waals surface area contributed by atoms with Gasteiger partial charge in [-0.05, 0) is 5.41 Å². The molecule has 1 aliphatic heterocycles. The monoisotopic (exact) mass is 199 g/mol. The van der Waals surface area contributed by atoms with Gasteiger partial charge in [0.15, 0.2) is 0 Å². The van der Waals surface area contributed by atoms with Gasteiger partial charge < -0.3 is 5.11 Å². The summed E-state index contributed by atoms with van der Waals surface area (Å²) in [6.07, 6.45) is 2.22. The van der Waals surface area contributed by atoms with Crippen LogP contribution in [0.15, 0.2) is 11.8 Å². The Balaban J connectivity index is 2.78. The van der Waals surface area contributed by atoms with Gasteiger partial charge in [-0.1, -0.05) is 20.8 Å². The van der Waals surface area contributed by atoms with E-state index in [2.05, 4.69) is 46.1 Å². The zero-order valence-electron chi connectivity index (χ0n) is 10.0. The molecule has 0 aromatic rings. The van der Waals surface area contributed by atoms with Gasteiger partial charge >= 0.3 is 0 Å². The van der Waals surface area contributed by atoms with Gasteiger partial charge in [-0.3, -0.25) is 0 Å². The van der Waals surface area contributed by atoms with Crippen molar-refractivity contribution < 1.29 is 9.70 Å². The highest BCUT2D eigenvalue weighted by Crippen LogP contribution is 2.33. The molecular formula is C11H23N2O+. The molecule has 0 aromatic carbocycles. The predicted molar refractivity (Wildman–Crippen MR) is 58.3 cm³/mol. The first-order chi connectivity index (χ1) is 6.29. The number of aliphatic hydroxyl groups excluding tert-OH is 1. The van der Waals surface area contributed by atoms with E-state index in [0.717, 1.165) is 17.7 Å². The molecule has 0 saturated heterocycles. The van der Waals surface area contributed by atoms with Crippen LogP contribution in [0.4, 0.5) is 0 Å². The number of rotatable bonds is 2. The van der Waals surface area contributed by atoms with Crippen LogP contribution in [0.5, 0.6) is 0 Å². The minimum absolute atomic E-state index is 0.236. The van der Waals surface area contributed by atoms with Crippen LogP contribution in [0.2, 0.25) is 0 Å². The molecule has 1 unspecified atom stereocenters. The largest absolute Gasteiger partial charge is 0.390 e. The van der Waals surface area contributed by atoms with Crippen molar-refractivity contribution in [2.45, 2.75) is 20.8 Å². The fraction of sp³-hybridized carbons (Fsp3) is 0.818. The van der Waals surface area contributed by atoms with Crippen LogP contribution in [-0.4, -0.2) is 48.5 Å². The number of aliphatic hydroxyl groups is 1. The Hall–Kier alpha value is -0.540. The van der Waals surface area contributed by atoms with Crippen molar-refractivity contribution in [3.63, 3.8) is 0 Å². The molecule has 1 heterocycles. The van der Waals surface area contributed by atoms with Crippen LogP contribution in [0, 0.1) is 5.41 Å². The predicted octanol–water partition coefficient (Wildman–Crippen LogP) is 1.22. The van der Waals surface area contributed by atoms with E-state index >= 15 is 0 Å². The SMILES string of the molecule is CN1C=C(C(C)(C)C)C[N+]1(C)CCO. The van der Waals surface area contributed by atoms with E-state index in [-0.39, 0.29) is 12.0 Å². The summed E-state index contributed by atoms with van der Waals surface area (Å²) >= 11 is 0. The number of quaternary nitrogens is 1. The van der Waals surface area contributed by atoms with Crippen molar-refractivity contribution in [3.8, 4) is 0 Å². The van der Waals surface area contributed by atoms with Crippen LogP contribution in [-0.2, 0) is 0 Å². The fourth-order valence-corrected chi connectivity index (χ4v) is 1.77. The lowest BCUT2D eigenvalue weighted by Gasteiger charge is -2.35. The van der Waals surface area contributed by atoms with Crippen LogP contribution >= 0.6 is 0 Å². The van der Waals surface area contributed by atoms with Gasteiger partial charge in [0.05, 0.1) is 26.9 Å². The molecule has 1 N–H and O–H groups in total. The van der Waals surface area contributed by atoms with Crippen LogP contribution in [0.25, 0.3) is 0 Å². The third-order valence-corrected chi connectivity index (χ3v) is 3.16. The molecule has 0 aromatic heterocycles. The van der Waals surface area contributed by atoms with Crippen LogP contribution in [0.3, 0.4) is 0 Å². The first kappa shape index (κ1) is 11.5. The van der Waals surface area contributed by atoms with E-state index in [4.69, 9.17) is 5.11 Å². The lowest BCUT2D eigenvalue weighted by Crippen LogP contribution is -2.52. The van der Waals surface area contributed by atoms with E-state index in [1.165, 1.54) is 5.57 Å². The van der Waals surface area contributed by atoms with Gasteiger partial charge in [-0.25, -0.2) is 9.60 Å². The molecule has 0 bridgehead atoms. The molecule has 1 aliphatic rings. The minimum Gasteiger partial charge on any atom is -0.390 e. The van der Waals surface area contributed by atoms with E-state index in [1.807, 2.05) is 0 Å². The molecule has 0 fully saturated rings. The van der Waals surface area contributed by atoms with Gasteiger partial charge in [0.2, 0.25) is 0 Å². The first-order valence-electron chi connectivity index (χ1n) is 5.19. The van der Waals surface area contributed by atoms with E-state index < -0.39 is 0 Å². The highest BCUT2D eigenvalue weighted by Gasteiger charge is 2.37. The molecule has 0 aliphatic carbocycles. The standard InChI is InChI=1S/C11H23N2O/c1-11(2,3)10-8-12(4)13(5,9-10)6-7-14/h8,14H,6-7,9H2,1-5H3/q+1. The summed E-state index contributed by atoms with van der Waals surface area (Å²) in [6.45, 7) is 8.75. The second-order valence-electron chi connectivity index (χ2n) is 5.42. The molecular weight excluding hydrogens is 176 g/mol. The lowest BCUT2D eigenvalue weighted by atomic mass is 9.87. The van der Waals surface area contributed by atoms with Gasteiger partial charge in [0.25, 0.3) is 0 Å². The molecule has 82 valence electrons. The average Bonchev–Trinajstić information content (AvgIpc) is 2.28. The maximum Gasteiger partial charge on any atom is 0.125 e. The quantitative estimate of drug-likeness (QED) is 0.676. The van der Waals surface area contributed by atoms with Crippen LogP contribution < -0.4 is 0 Å². The van der Waals surface area contributed by atoms with Crippen molar-refractivity contribution in [1.82, 2.24) is 5.01 Å². The fourth-order valence-electron chi connectivity index (χ4n) is 1.77. The van der Waals surface area contributed by atoms with Crippen molar-refractivity contribution in [2.24, 2.45) is 5.41 Å². The maximum atomic E-state index is 9.03. The number of nitrogens with zero attached hydrogens (tertiary/aromatic N) is 2. The highest BCUT2D eigenvalue weighted by atomic mass is 16.3. The molecule has 0 amide bonds. The molecule has 1 rings (SSSR count). The Morgan fingerprint density at radius 2 is 2.07 bits per heavy atom. The van der Waals surface area contributed by atoms with Crippen molar-refractivity contribution in [1.29, 1.82) is 0 Å². The number of likely N-dealkylation sites (N-methyl/N-ethyl adjacent to an activating group) is 1. The Morgan fingerprint density at radius 3 is 2.43 bits per heavy atom. The van der Waals surface area contributed by atoms with Crippen molar-refractivity contribution >= 4 is 0 Å². The zero-order chi connectivity index (χ0) is 11.0. The molecule has 0 saturated carbocycles. The molecule has 1 atom stereocenters. The normalized spacial score (nSPS) is 28.1. The first-order valence-corrected chi connectivity index (χ1v) is 5.19. The van der Waals surface area contributed by atoms with Crippen molar-refractivity contribution in [3.05, 3.63) is 11.8 Å². The second kappa shape index (κ2) is 3.55. The summed E-state index contributed by atoms with van der Waals surface area (Å²) in [4.78, 5) is 0.